The highest BCUT2D eigenvalue weighted by Gasteiger charge is 2.11. The lowest BCUT2D eigenvalue weighted by Gasteiger charge is -2.09. The molecule has 0 atom stereocenters. The van der Waals surface area contributed by atoms with Gasteiger partial charge in [-0.05, 0) is 53.9 Å². The van der Waals surface area contributed by atoms with Crippen LogP contribution in [0.2, 0.25) is 0 Å². The summed E-state index contributed by atoms with van der Waals surface area (Å²) in [5.41, 5.74) is 6.37. The van der Waals surface area contributed by atoms with Crippen LogP contribution in [-0.2, 0) is 13.6 Å². The molecular weight excluding hydrogens is 384 g/mol. The monoisotopic (exact) mass is 404 g/mol. The van der Waals surface area contributed by atoms with Gasteiger partial charge >= 0.3 is 0 Å². The van der Waals surface area contributed by atoms with Gasteiger partial charge in [-0.1, -0.05) is 18.2 Å². The molecule has 6 nitrogen and oxygen atoms in total. The fourth-order valence-corrected chi connectivity index (χ4v) is 3.74. The molecule has 0 aliphatic carbocycles. The summed E-state index contributed by atoms with van der Waals surface area (Å²) in [5.74, 6) is 0. The molecule has 0 radical (unpaired) electrons. The number of hydrogen-bond donors (Lipinski definition) is 1. The Morgan fingerprint density at radius 2 is 1.84 bits per heavy atom. The number of nitriles is 1. The summed E-state index contributed by atoms with van der Waals surface area (Å²) < 4.78 is 3.87. The van der Waals surface area contributed by atoms with Gasteiger partial charge in [0.25, 0.3) is 0 Å². The first-order chi connectivity index (χ1) is 15.2. The molecule has 1 N–H and O–H groups in total. The van der Waals surface area contributed by atoms with E-state index < -0.39 is 0 Å². The minimum atomic E-state index is 0.482. The highest BCUT2D eigenvalue weighted by molar-refractivity contribution is 5.81. The Hall–Kier alpha value is -4.37. The van der Waals surface area contributed by atoms with Gasteiger partial charge in [-0.2, -0.15) is 10.4 Å². The van der Waals surface area contributed by atoms with Crippen LogP contribution in [0.15, 0.2) is 85.2 Å². The smallest absolute Gasteiger partial charge is 0.144 e. The van der Waals surface area contributed by atoms with Crippen LogP contribution in [0.25, 0.3) is 27.8 Å². The van der Waals surface area contributed by atoms with Crippen LogP contribution in [0, 0.1) is 11.3 Å². The van der Waals surface area contributed by atoms with Gasteiger partial charge in [0, 0.05) is 48.0 Å². The molecular formula is C25H20N6. The van der Waals surface area contributed by atoms with Gasteiger partial charge in [0.1, 0.15) is 11.8 Å². The van der Waals surface area contributed by atoms with E-state index in [1.165, 1.54) is 16.6 Å². The van der Waals surface area contributed by atoms with Crippen LogP contribution in [0.3, 0.4) is 0 Å². The molecule has 6 heteroatoms. The lowest BCUT2D eigenvalue weighted by atomic mass is 10.2. The molecule has 0 bridgehead atoms. The van der Waals surface area contributed by atoms with E-state index in [4.69, 9.17) is 0 Å². The van der Waals surface area contributed by atoms with Crippen molar-refractivity contribution in [2.24, 2.45) is 7.05 Å². The number of fused-ring (bicyclic) bond motifs is 1. The summed E-state index contributed by atoms with van der Waals surface area (Å²) in [4.78, 5) is 4.13. The highest BCUT2D eigenvalue weighted by Crippen LogP contribution is 2.23. The van der Waals surface area contributed by atoms with Gasteiger partial charge in [0.15, 0.2) is 0 Å². The molecule has 0 saturated heterocycles. The molecule has 31 heavy (non-hydrogen) atoms. The van der Waals surface area contributed by atoms with Crippen molar-refractivity contribution in [3.63, 3.8) is 0 Å². The first-order valence-corrected chi connectivity index (χ1v) is 10.0. The maximum Gasteiger partial charge on any atom is 0.144 e. The Morgan fingerprint density at radius 1 is 1.00 bits per heavy atom. The lowest BCUT2D eigenvalue weighted by Crippen LogP contribution is -2.05. The highest BCUT2D eigenvalue weighted by atomic mass is 15.3. The van der Waals surface area contributed by atoms with Crippen molar-refractivity contribution in [3.8, 4) is 23.0 Å². The average molecular weight is 404 g/mol. The van der Waals surface area contributed by atoms with E-state index in [0.717, 1.165) is 29.2 Å². The number of hydrogen-bond acceptors (Lipinski definition) is 4. The number of para-hydroxylation sites is 1. The normalized spacial score (nSPS) is 10.8. The predicted molar refractivity (Wildman–Crippen MR) is 122 cm³/mol. The fraction of sp³-hybridized carbons (Fsp3) is 0.0800. The maximum atomic E-state index is 9.55. The number of anilines is 1. The second-order valence-electron chi connectivity index (χ2n) is 7.33. The number of benzene rings is 2. The Kier molecular flexibility index (Phi) is 4.70. The van der Waals surface area contributed by atoms with Gasteiger partial charge in [0.2, 0.25) is 0 Å². The van der Waals surface area contributed by atoms with E-state index in [2.05, 4.69) is 63.4 Å². The van der Waals surface area contributed by atoms with E-state index in [1.54, 1.807) is 23.1 Å². The molecule has 5 rings (SSSR count). The van der Waals surface area contributed by atoms with Crippen LogP contribution in [0.1, 0.15) is 11.4 Å². The number of nitrogens with one attached hydrogen (secondary N) is 1. The summed E-state index contributed by atoms with van der Waals surface area (Å²) >= 11 is 0. The van der Waals surface area contributed by atoms with Crippen molar-refractivity contribution in [2.75, 3.05) is 5.32 Å². The van der Waals surface area contributed by atoms with Crippen molar-refractivity contribution in [1.29, 1.82) is 5.26 Å². The third-order valence-corrected chi connectivity index (χ3v) is 5.42. The molecule has 0 fully saturated rings. The van der Waals surface area contributed by atoms with Crippen molar-refractivity contribution in [1.82, 2.24) is 19.3 Å². The zero-order valence-electron chi connectivity index (χ0n) is 17.0. The standard InChI is InChI=1S/C25H20N6/c1-30-23(13-18-5-2-3-7-25(18)30)17-28-20-8-10-21(11-9-20)31-22(15-26)14-24(29-31)19-6-4-12-27-16-19/h2-14,16,28H,17H2,1H3. The largest absolute Gasteiger partial charge is 0.379 e. The molecule has 3 heterocycles. The van der Waals surface area contributed by atoms with E-state index >= 15 is 0 Å². The molecule has 0 amide bonds. The predicted octanol–water partition coefficient (Wildman–Crippen LogP) is 4.91. The van der Waals surface area contributed by atoms with Crippen LogP contribution in [-0.4, -0.2) is 19.3 Å². The SMILES string of the molecule is Cn1c(CNc2ccc(-n3nc(-c4cccnc4)cc3C#N)cc2)cc2ccccc21. The Bertz CT molecular complexity index is 1390. The van der Waals surface area contributed by atoms with E-state index in [1.807, 2.05) is 36.4 Å². The molecule has 0 saturated carbocycles. The van der Waals surface area contributed by atoms with Gasteiger partial charge in [-0.25, -0.2) is 4.68 Å². The molecule has 2 aromatic carbocycles. The Balaban J connectivity index is 1.36. The first kappa shape index (κ1) is 18.6. The summed E-state index contributed by atoms with van der Waals surface area (Å²) in [6.45, 7) is 0.723. The number of aryl methyl sites for hydroxylation is 1. The van der Waals surface area contributed by atoms with Gasteiger partial charge < -0.3 is 9.88 Å². The lowest BCUT2D eigenvalue weighted by molar-refractivity contribution is 0.866. The topological polar surface area (TPSA) is 71.5 Å². The number of pyridine rings is 1. The third-order valence-electron chi connectivity index (χ3n) is 5.42. The second-order valence-corrected chi connectivity index (χ2v) is 7.33. The number of aromatic nitrogens is 4. The summed E-state index contributed by atoms with van der Waals surface area (Å²) in [5, 5.41) is 18.9. The van der Waals surface area contributed by atoms with E-state index in [-0.39, 0.29) is 0 Å². The molecule has 5 aromatic rings. The van der Waals surface area contributed by atoms with Crippen molar-refractivity contribution >= 4 is 16.6 Å². The molecule has 3 aromatic heterocycles. The van der Waals surface area contributed by atoms with E-state index in [9.17, 15) is 5.26 Å². The molecule has 0 aliphatic rings. The van der Waals surface area contributed by atoms with Crippen LogP contribution in [0.4, 0.5) is 5.69 Å². The average Bonchev–Trinajstić information content (AvgIpc) is 3.40. The van der Waals surface area contributed by atoms with Crippen LogP contribution >= 0.6 is 0 Å². The minimum absolute atomic E-state index is 0.482. The minimum Gasteiger partial charge on any atom is -0.379 e. The number of nitrogens with zero attached hydrogens (tertiary/aromatic N) is 5. The molecule has 150 valence electrons. The Labute approximate surface area is 180 Å². The quantitative estimate of drug-likeness (QED) is 0.452. The van der Waals surface area contributed by atoms with Crippen molar-refractivity contribution < 1.29 is 0 Å². The summed E-state index contributed by atoms with van der Waals surface area (Å²) in [6.07, 6.45) is 3.46. The van der Waals surface area contributed by atoms with Crippen molar-refractivity contribution in [2.45, 2.75) is 6.54 Å². The van der Waals surface area contributed by atoms with E-state index in [0.29, 0.717) is 5.69 Å². The Morgan fingerprint density at radius 3 is 2.58 bits per heavy atom. The second kappa shape index (κ2) is 7.81. The van der Waals surface area contributed by atoms with Crippen LogP contribution in [0.5, 0.6) is 0 Å². The molecule has 0 aliphatic heterocycles. The first-order valence-electron chi connectivity index (χ1n) is 10.0. The zero-order valence-corrected chi connectivity index (χ0v) is 17.0. The molecule has 0 unspecified atom stereocenters. The molecule has 0 spiro atoms. The zero-order chi connectivity index (χ0) is 21.2. The summed E-state index contributed by atoms with van der Waals surface area (Å²) in [6, 6.07) is 26.3. The van der Waals surface area contributed by atoms with Gasteiger partial charge in [-0.3, -0.25) is 4.98 Å². The van der Waals surface area contributed by atoms with Crippen molar-refractivity contribution in [3.05, 3.63) is 96.6 Å². The third kappa shape index (κ3) is 3.53. The fourth-order valence-electron chi connectivity index (χ4n) is 3.74. The van der Waals surface area contributed by atoms with Gasteiger partial charge in [-0.15, -0.1) is 0 Å². The number of rotatable bonds is 5. The van der Waals surface area contributed by atoms with Gasteiger partial charge in [0.05, 0.1) is 17.9 Å². The van der Waals surface area contributed by atoms with Crippen LogP contribution < -0.4 is 5.32 Å². The summed E-state index contributed by atoms with van der Waals surface area (Å²) in [7, 11) is 2.09. The maximum absolute atomic E-state index is 9.55.